The van der Waals surface area contributed by atoms with Crippen LogP contribution in [0.15, 0.2) is 89.3 Å². The van der Waals surface area contributed by atoms with E-state index < -0.39 is 0 Å². The highest BCUT2D eigenvalue weighted by atomic mass is 16.3. The van der Waals surface area contributed by atoms with Crippen LogP contribution < -0.4 is 0 Å². The lowest BCUT2D eigenvalue weighted by atomic mass is 10.0. The molecule has 0 spiro atoms. The van der Waals surface area contributed by atoms with Gasteiger partial charge < -0.3 is 4.42 Å². The average Bonchev–Trinajstić information content (AvgIpc) is 3.00. The van der Waals surface area contributed by atoms with Gasteiger partial charge in [0.15, 0.2) is 0 Å². The van der Waals surface area contributed by atoms with Gasteiger partial charge in [-0.05, 0) is 29.3 Å². The summed E-state index contributed by atoms with van der Waals surface area (Å²) in [6.07, 6.45) is 0. The molecular formula is C20H14O. The second-order valence-corrected chi connectivity index (χ2v) is 5.10. The SMILES string of the molecule is c1ccc(-c2cccc(-c3cc4ccccc4o3)c2)cc1. The van der Waals surface area contributed by atoms with Crippen molar-refractivity contribution < 1.29 is 4.42 Å². The first kappa shape index (κ1) is 12.0. The zero-order valence-electron chi connectivity index (χ0n) is 11.5. The molecule has 0 aliphatic heterocycles. The lowest BCUT2D eigenvalue weighted by Crippen LogP contribution is -1.79. The van der Waals surface area contributed by atoms with E-state index >= 15 is 0 Å². The molecule has 0 unspecified atom stereocenters. The highest BCUT2D eigenvalue weighted by molar-refractivity contribution is 5.83. The number of fused-ring (bicyclic) bond motifs is 1. The Morgan fingerprint density at radius 1 is 0.524 bits per heavy atom. The number of furan rings is 1. The van der Waals surface area contributed by atoms with Crippen molar-refractivity contribution in [3.8, 4) is 22.5 Å². The van der Waals surface area contributed by atoms with E-state index in [1.54, 1.807) is 0 Å². The fraction of sp³-hybridized carbons (Fsp3) is 0. The fourth-order valence-electron chi connectivity index (χ4n) is 2.61. The van der Waals surface area contributed by atoms with Crippen molar-refractivity contribution in [2.24, 2.45) is 0 Å². The molecule has 4 rings (SSSR count). The van der Waals surface area contributed by atoms with Crippen LogP contribution in [0.1, 0.15) is 0 Å². The Bertz CT molecular complexity index is 855. The van der Waals surface area contributed by atoms with Crippen LogP contribution in [0, 0.1) is 0 Å². The van der Waals surface area contributed by atoms with Gasteiger partial charge in [0.05, 0.1) is 0 Å². The third-order valence-electron chi connectivity index (χ3n) is 3.68. The van der Waals surface area contributed by atoms with Gasteiger partial charge in [0.25, 0.3) is 0 Å². The quantitative estimate of drug-likeness (QED) is 0.451. The molecule has 0 bridgehead atoms. The molecule has 3 aromatic carbocycles. The normalized spacial score (nSPS) is 10.9. The van der Waals surface area contributed by atoms with Crippen molar-refractivity contribution in [1.82, 2.24) is 0 Å². The summed E-state index contributed by atoms with van der Waals surface area (Å²) in [6.45, 7) is 0. The van der Waals surface area contributed by atoms with Crippen LogP contribution in [0.2, 0.25) is 0 Å². The summed E-state index contributed by atoms with van der Waals surface area (Å²) in [5.41, 5.74) is 4.45. The predicted octanol–water partition coefficient (Wildman–Crippen LogP) is 5.77. The van der Waals surface area contributed by atoms with Gasteiger partial charge in [-0.25, -0.2) is 0 Å². The highest BCUT2D eigenvalue weighted by Crippen LogP contribution is 2.30. The average molecular weight is 270 g/mol. The Morgan fingerprint density at radius 3 is 2.10 bits per heavy atom. The van der Waals surface area contributed by atoms with Crippen molar-refractivity contribution >= 4 is 11.0 Å². The zero-order valence-corrected chi connectivity index (χ0v) is 11.5. The Kier molecular flexibility index (Phi) is 2.82. The lowest BCUT2D eigenvalue weighted by molar-refractivity contribution is 0.631. The Hall–Kier alpha value is -2.80. The van der Waals surface area contributed by atoms with E-state index in [9.17, 15) is 0 Å². The Balaban J connectivity index is 1.82. The van der Waals surface area contributed by atoms with Crippen molar-refractivity contribution in [2.75, 3.05) is 0 Å². The molecule has 0 aliphatic carbocycles. The summed E-state index contributed by atoms with van der Waals surface area (Å²) >= 11 is 0. The van der Waals surface area contributed by atoms with Gasteiger partial charge in [0, 0.05) is 10.9 Å². The molecule has 0 saturated carbocycles. The number of para-hydroxylation sites is 1. The van der Waals surface area contributed by atoms with Gasteiger partial charge in [-0.2, -0.15) is 0 Å². The first-order valence-electron chi connectivity index (χ1n) is 7.04. The number of rotatable bonds is 2. The molecule has 0 aliphatic rings. The summed E-state index contributed by atoms with van der Waals surface area (Å²) in [4.78, 5) is 0. The molecule has 0 saturated heterocycles. The second kappa shape index (κ2) is 4.95. The van der Waals surface area contributed by atoms with E-state index in [1.165, 1.54) is 11.1 Å². The fourth-order valence-corrected chi connectivity index (χ4v) is 2.61. The van der Waals surface area contributed by atoms with Gasteiger partial charge >= 0.3 is 0 Å². The molecule has 0 N–H and O–H groups in total. The number of hydrogen-bond acceptors (Lipinski definition) is 1. The van der Waals surface area contributed by atoms with Gasteiger partial charge in [-0.1, -0.05) is 66.7 Å². The van der Waals surface area contributed by atoms with Gasteiger partial charge in [0.2, 0.25) is 0 Å². The van der Waals surface area contributed by atoms with Crippen LogP contribution in [-0.4, -0.2) is 0 Å². The van der Waals surface area contributed by atoms with E-state index in [0.29, 0.717) is 0 Å². The van der Waals surface area contributed by atoms with E-state index in [0.717, 1.165) is 22.3 Å². The minimum absolute atomic E-state index is 0.911. The van der Waals surface area contributed by atoms with Gasteiger partial charge in [-0.3, -0.25) is 0 Å². The molecule has 1 aromatic heterocycles. The molecule has 1 heterocycles. The lowest BCUT2D eigenvalue weighted by Gasteiger charge is -2.03. The smallest absolute Gasteiger partial charge is 0.135 e. The molecule has 1 heteroatoms. The van der Waals surface area contributed by atoms with Gasteiger partial charge in [-0.15, -0.1) is 0 Å². The minimum Gasteiger partial charge on any atom is -0.456 e. The molecular weight excluding hydrogens is 256 g/mol. The molecule has 21 heavy (non-hydrogen) atoms. The Labute approximate surface area is 123 Å². The Morgan fingerprint density at radius 2 is 1.24 bits per heavy atom. The van der Waals surface area contributed by atoms with Crippen molar-refractivity contribution in [1.29, 1.82) is 0 Å². The molecule has 0 amide bonds. The first-order chi connectivity index (χ1) is 10.4. The summed E-state index contributed by atoms with van der Waals surface area (Å²) in [5, 5.41) is 1.14. The van der Waals surface area contributed by atoms with E-state index in [2.05, 4.69) is 60.7 Å². The second-order valence-electron chi connectivity index (χ2n) is 5.10. The van der Waals surface area contributed by atoms with Gasteiger partial charge in [0.1, 0.15) is 11.3 Å². The maximum Gasteiger partial charge on any atom is 0.135 e. The highest BCUT2D eigenvalue weighted by Gasteiger charge is 2.06. The van der Waals surface area contributed by atoms with Crippen LogP contribution >= 0.6 is 0 Å². The third kappa shape index (κ3) is 2.23. The van der Waals surface area contributed by atoms with Crippen LogP contribution in [0.5, 0.6) is 0 Å². The molecule has 0 fully saturated rings. The zero-order chi connectivity index (χ0) is 14.1. The van der Waals surface area contributed by atoms with Crippen LogP contribution in [0.3, 0.4) is 0 Å². The summed E-state index contributed by atoms with van der Waals surface area (Å²) < 4.78 is 5.94. The molecule has 0 atom stereocenters. The van der Waals surface area contributed by atoms with E-state index in [-0.39, 0.29) is 0 Å². The summed E-state index contributed by atoms with van der Waals surface area (Å²) in [6, 6.07) is 29.1. The standard InChI is InChI=1S/C20H14O/c1-2-7-15(8-3-1)16-10-6-11-17(13-16)20-14-18-9-4-5-12-19(18)21-20/h1-14H. The van der Waals surface area contributed by atoms with Crippen LogP contribution in [0.4, 0.5) is 0 Å². The van der Waals surface area contributed by atoms with Crippen LogP contribution in [-0.2, 0) is 0 Å². The molecule has 1 nitrogen and oxygen atoms in total. The summed E-state index contributed by atoms with van der Waals surface area (Å²) in [5.74, 6) is 0.911. The molecule has 0 radical (unpaired) electrons. The monoisotopic (exact) mass is 270 g/mol. The third-order valence-corrected chi connectivity index (χ3v) is 3.68. The number of benzene rings is 3. The number of hydrogen-bond donors (Lipinski definition) is 0. The molecule has 100 valence electrons. The maximum absolute atomic E-state index is 5.94. The first-order valence-corrected chi connectivity index (χ1v) is 7.04. The minimum atomic E-state index is 0.911. The van der Waals surface area contributed by atoms with Crippen molar-refractivity contribution in [3.63, 3.8) is 0 Å². The largest absolute Gasteiger partial charge is 0.456 e. The maximum atomic E-state index is 5.94. The topological polar surface area (TPSA) is 13.1 Å². The van der Waals surface area contributed by atoms with Crippen molar-refractivity contribution in [2.45, 2.75) is 0 Å². The van der Waals surface area contributed by atoms with Crippen LogP contribution in [0.25, 0.3) is 33.4 Å². The van der Waals surface area contributed by atoms with E-state index in [1.807, 2.05) is 24.3 Å². The predicted molar refractivity (Wildman–Crippen MR) is 87.1 cm³/mol. The van der Waals surface area contributed by atoms with E-state index in [4.69, 9.17) is 4.42 Å². The summed E-state index contributed by atoms with van der Waals surface area (Å²) in [7, 11) is 0. The molecule has 4 aromatic rings. The van der Waals surface area contributed by atoms with Crippen molar-refractivity contribution in [3.05, 3.63) is 84.9 Å².